The van der Waals surface area contributed by atoms with Gasteiger partial charge in [-0.05, 0) is 44.1 Å². The number of aliphatic hydroxyl groups excluding tert-OH is 1. The maximum Gasteiger partial charge on any atom is 0.329 e. The van der Waals surface area contributed by atoms with Crippen molar-refractivity contribution < 1.29 is 24.2 Å². The number of ether oxygens (including phenoxy) is 1. The molecule has 8 nitrogen and oxygen atoms in total. The molecule has 208 valence electrons. The van der Waals surface area contributed by atoms with Crippen molar-refractivity contribution in [3.05, 3.63) is 52.0 Å². The van der Waals surface area contributed by atoms with Gasteiger partial charge in [0.1, 0.15) is 17.8 Å². The van der Waals surface area contributed by atoms with Crippen LogP contribution in [0.3, 0.4) is 0 Å². The van der Waals surface area contributed by atoms with E-state index in [-0.39, 0.29) is 29.6 Å². The van der Waals surface area contributed by atoms with E-state index in [0.717, 1.165) is 17.0 Å². The summed E-state index contributed by atoms with van der Waals surface area (Å²) < 4.78 is 5.95. The minimum atomic E-state index is -0.647. The quantitative estimate of drug-likeness (QED) is 0.517. The highest BCUT2D eigenvalue weighted by molar-refractivity contribution is 7.09. The van der Waals surface area contributed by atoms with Crippen LogP contribution in [0.2, 0.25) is 0 Å². The molecule has 38 heavy (non-hydrogen) atoms. The first-order chi connectivity index (χ1) is 18.0. The summed E-state index contributed by atoms with van der Waals surface area (Å²) in [6, 6.07) is -0.647. The maximum absolute atomic E-state index is 13.3. The van der Waals surface area contributed by atoms with Crippen LogP contribution in [0, 0.1) is 17.8 Å². The molecular weight excluding hydrogens is 502 g/mol. The summed E-state index contributed by atoms with van der Waals surface area (Å²) >= 11 is 1.43. The molecule has 2 aliphatic rings. The number of fused-ring (bicyclic) bond motifs is 3. The molecule has 0 aromatic carbocycles. The van der Waals surface area contributed by atoms with Crippen molar-refractivity contribution in [2.24, 2.45) is 17.8 Å². The third-order valence-corrected chi connectivity index (χ3v) is 7.80. The molecule has 3 heterocycles. The van der Waals surface area contributed by atoms with Crippen molar-refractivity contribution in [3.63, 3.8) is 0 Å². The molecule has 0 spiro atoms. The number of rotatable bonds is 1. The van der Waals surface area contributed by atoms with Gasteiger partial charge in [0, 0.05) is 30.8 Å². The molecule has 3 rings (SSSR count). The Labute approximate surface area is 229 Å². The predicted octanol–water partition coefficient (Wildman–Crippen LogP) is 4.07. The van der Waals surface area contributed by atoms with E-state index in [9.17, 15) is 19.5 Å². The number of esters is 1. The first kappa shape index (κ1) is 29.8. The van der Waals surface area contributed by atoms with Crippen LogP contribution in [0.1, 0.15) is 69.4 Å². The molecule has 0 aliphatic carbocycles. The highest BCUT2D eigenvalue weighted by Gasteiger charge is 2.38. The number of aliphatic hydroxyl groups is 1. The fourth-order valence-corrected chi connectivity index (χ4v) is 5.93. The number of carbonyl (C=O) groups excluding carboxylic acids is 3. The van der Waals surface area contributed by atoms with Crippen molar-refractivity contribution in [2.75, 3.05) is 13.1 Å². The van der Waals surface area contributed by atoms with Gasteiger partial charge in [-0.2, -0.15) is 0 Å². The second-order valence-electron chi connectivity index (χ2n) is 10.8. The summed E-state index contributed by atoms with van der Waals surface area (Å²) in [5.41, 5.74) is 1.25. The molecule has 1 aromatic heterocycles. The lowest BCUT2D eigenvalue weighted by Crippen LogP contribution is -2.44. The van der Waals surface area contributed by atoms with Crippen LogP contribution in [0.4, 0.5) is 0 Å². The van der Waals surface area contributed by atoms with Crippen LogP contribution in [-0.2, 0) is 20.7 Å². The largest absolute Gasteiger partial charge is 0.460 e. The molecule has 0 radical (unpaired) electrons. The highest BCUT2D eigenvalue weighted by atomic mass is 32.1. The molecule has 9 heteroatoms. The summed E-state index contributed by atoms with van der Waals surface area (Å²) in [6.07, 6.45) is 10.2. The summed E-state index contributed by atoms with van der Waals surface area (Å²) in [4.78, 5) is 45.0. The zero-order chi connectivity index (χ0) is 27.8. The van der Waals surface area contributed by atoms with E-state index in [1.807, 2.05) is 46.8 Å². The van der Waals surface area contributed by atoms with E-state index in [1.54, 1.807) is 22.4 Å². The third kappa shape index (κ3) is 8.36. The Hall–Kier alpha value is -2.78. The lowest BCUT2D eigenvalue weighted by atomic mass is 9.94. The zero-order valence-electron chi connectivity index (χ0n) is 23.1. The molecule has 1 fully saturated rings. The number of thiazole rings is 1. The second-order valence-corrected chi connectivity index (χ2v) is 11.8. The molecule has 2 bridgehead atoms. The van der Waals surface area contributed by atoms with E-state index in [4.69, 9.17) is 4.74 Å². The van der Waals surface area contributed by atoms with Gasteiger partial charge < -0.3 is 20.1 Å². The second kappa shape index (κ2) is 13.8. The molecule has 0 saturated carbocycles. The topological polar surface area (TPSA) is 109 Å². The Morgan fingerprint density at radius 1 is 1.21 bits per heavy atom. The summed E-state index contributed by atoms with van der Waals surface area (Å²) in [5, 5.41) is 15.9. The molecule has 2 amide bonds. The maximum atomic E-state index is 13.3. The van der Waals surface area contributed by atoms with Gasteiger partial charge in [0.05, 0.1) is 11.1 Å². The van der Waals surface area contributed by atoms with E-state index in [0.29, 0.717) is 38.0 Å². The molecule has 1 saturated heterocycles. The first-order valence-corrected chi connectivity index (χ1v) is 14.4. The Morgan fingerprint density at radius 3 is 2.71 bits per heavy atom. The van der Waals surface area contributed by atoms with Crippen LogP contribution < -0.4 is 5.32 Å². The van der Waals surface area contributed by atoms with Gasteiger partial charge in [0.15, 0.2) is 0 Å². The smallest absolute Gasteiger partial charge is 0.329 e. The van der Waals surface area contributed by atoms with Crippen molar-refractivity contribution in [3.8, 4) is 0 Å². The van der Waals surface area contributed by atoms with Gasteiger partial charge in [-0.25, -0.2) is 9.78 Å². The number of nitrogens with zero attached hydrogens (tertiary/aromatic N) is 2. The summed E-state index contributed by atoms with van der Waals surface area (Å²) in [6.45, 7) is 10.7. The van der Waals surface area contributed by atoms with Gasteiger partial charge in [0.2, 0.25) is 5.91 Å². The van der Waals surface area contributed by atoms with Gasteiger partial charge in [0.25, 0.3) is 5.91 Å². The average molecular weight is 544 g/mol. The molecule has 5 atom stereocenters. The zero-order valence-corrected chi connectivity index (χ0v) is 23.9. The number of cyclic esters (lactones) is 1. The number of hydrogen-bond acceptors (Lipinski definition) is 7. The Bertz CT molecular complexity index is 1080. The first-order valence-electron chi connectivity index (χ1n) is 13.5. The van der Waals surface area contributed by atoms with Crippen molar-refractivity contribution in [2.45, 2.75) is 78.6 Å². The van der Waals surface area contributed by atoms with E-state index in [2.05, 4.69) is 10.3 Å². The normalized spacial score (nSPS) is 29.4. The number of aromatic nitrogens is 1. The minimum Gasteiger partial charge on any atom is -0.460 e. The van der Waals surface area contributed by atoms with Crippen LogP contribution in [0.25, 0.3) is 0 Å². The summed E-state index contributed by atoms with van der Waals surface area (Å²) in [5.74, 6) is -0.915. The number of carbonyl (C=O) groups is 3. The Kier molecular flexibility index (Phi) is 10.8. The molecule has 2 N–H and O–H groups in total. The van der Waals surface area contributed by atoms with Gasteiger partial charge in [-0.3, -0.25) is 9.59 Å². The fourth-order valence-electron chi connectivity index (χ4n) is 5.00. The van der Waals surface area contributed by atoms with Gasteiger partial charge in [-0.15, -0.1) is 11.3 Å². The number of amides is 2. The Morgan fingerprint density at radius 2 is 1.97 bits per heavy atom. The number of nitrogens with one attached hydrogen (secondary N) is 1. The van der Waals surface area contributed by atoms with Crippen LogP contribution in [0.5, 0.6) is 0 Å². The van der Waals surface area contributed by atoms with E-state index in [1.165, 1.54) is 17.4 Å². The lowest BCUT2D eigenvalue weighted by Gasteiger charge is -2.29. The molecule has 2 aliphatic heterocycles. The van der Waals surface area contributed by atoms with Crippen molar-refractivity contribution >= 4 is 29.1 Å². The predicted molar refractivity (Wildman–Crippen MR) is 149 cm³/mol. The molecule has 0 unspecified atom stereocenters. The highest BCUT2D eigenvalue weighted by Crippen LogP contribution is 2.26. The van der Waals surface area contributed by atoms with Crippen molar-refractivity contribution in [1.29, 1.82) is 0 Å². The van der Waals surface area contributed by atoms with Crippen LogP contribution in [0.15, 0.2) is 41.3 Å². The molecular formula is C29H41N3O5S. The van der Waals surface area contributed by atoms with Crippen LogP contribution in [-0.4, -0.2) is 64.1 Å². The van der Waals surface area contributed by atoms with Crippen molar-refractivity contribution in [1.82, 2.24) is 15.2 Å². The van der Waals surface area contributed by atoms with Gasteiger partial charge >= 0.3 is 5.97 Å². The van der Waals surface area contributed by atoms with E-state index < -0.39 is 24.2 Å². The Balaban J connectivity index is 1.85. The standard InChI is InChI=1S/C29H41N3O5S/c1-18(2)27-21(5)10-11-25(34)30-12-6-8-19(3)14-22(33)15-20(4)16-26-31-23(17-38-26)28(35)32-13-7-9-24(32)29(36)37-27/h6,8,10-11,14,17-18,20-22,24,27,33H,7,9,12-13,15-16H2,1-5H3,(H,30,34)/b8-6?,11-10+,19-14?/t20-,21+,22+,24+,27+/m0/s1. The number of hydrogen-bond donors (Lipinski definition) is 2. The van der Waals surface area contributed by atoms with Crippen LogP contribution >= 0.6 is 11.3 Å². The van der Waals surface area contributed by atoms with Gasteiger partial charge in [-0.1, -0.05) is 57.6 Å². The number of allylic oxidation sites excluding steroid dienone is 2. The third-order valence-electron chi connectivity index (χ3n) is 6.93. The fraction of sp³-hybridized carbons (Fsp3) is 0.586. The monoisotopic (exact) mass is 543 g/mol. The minimum absolute atomic E-state index is 0.0258. The lowest BCUT2D eigenvalue weighted by molar-refractivity contribution is -0.158. The average Bonchev–Trinajstić information content (AvgIpc) is 3.52. The molecule has 1 aromatic rings. The summed E-state index contributed by atoms with van der Waals surface area (Å²) in [7, 11) is 0. The van der Waals surface area contributed by atoms with E-state index >= 15 is 0 Å². The SMILES string of the molecule is CC1=C[C@@H](O)C[C@H](C)Cc2nc(cs2)C(=O)N2CCC[C@@H]2C(=O)O[C@H](C(C)C)[C@H](C)/C=C/C(=O)NCC=C1.